The predicted molar refractivity (Wildman–Crippen MR) is 176 cm³/mol. The van der Waals surface area contributed by atoms with Crippen molar-refractivity contribution in [2.75, 3.05) is 44.3 Å². The van der Waals surface area contributed by atoms with E-state index in [1.807, 2.05) is 60.8 Å². The van der Waals surface area contributed by atoms with Crippen molar-refractivity contribution < 1.29 is 4.79 Å². The fourth-order valence-corrected chi connectivity index (χ4v) is 5.73. The van der Waals surface area contributed by atoms with Crippen LogP contribution in [0.2, 0.25) is 0 Å². The molecule has 2 aromatic heterocycles. The number of hydrogen-bond acceptors (Lipinski definition) is 6. The highest BCUT2D eigenvalue weighted by Gasteiger charge is 2.22. The Hall–Kier alpha value is -4.99. The van der Waals surface area contributed by atoms with Crippen molar-refractivity contribution >= 4 is 17.4 Å². The Morgan fingerprint density at radius 3 is 2.32 bits per heavy atom. The maximum absolute atomic E-state index is 13.3. The molecule has 224 valence electrons. The van der Waals surface area contributed by atoms with Gasteiger partial charge in [0.1, 0.15) is 11.4 Å². The lowest BCUT2D eigenvalue weighted by molar-refractivity contribution is 0.102. The van der Waals surface area contributed by atoms with Crippen molar-refractivity contribution in [3.8, 4) is 27.9 Å². The molecule has 0 atom stereocenters. The summed E-state index contributed by atoms with van der Waals surface area (Å²) in [5, 5.41) is 2.89. The topological polar surface area (TPSA) is 101 Å². The molecule has 1 aliphatic heterocycles. The molecule has 0 radical (unpaired) electrons. The Balaban J connectivity index is 1.20. The first-order valence-electron chi connectivity index (χ1n) is 14.8. The van der Waals surface area contributed by atoms with E-state index in [0.717, 1.165) is 55.0 Å². The number of nitrogens with two attached hydrogens (primary N) is 1. The Labute approximate surface area is 257 Å². The lowest BCUT2D eigenvalue weighted by Crippen LogP contribution is -2.43. The summed E-state index contributed by atoms with van der Waals surface area (Å²) in [6.07, 6.45) is 1.81. The van der Waals surface area contributed by atoms with Crippen molar-refractivity contribution in [1.82, 2.24) is 24.1 Å². The van der Waals surface area contributed by atoms with Gasteiger partial charge in [-0.2, -0.15) is 0 Å². The SMILES string of the molecule is Cc1c(C(=O)Nc2ccc(-c3cc(-c4cccc(CN5CCN(C)CC5)c4)cnc3N)cc2)c(=O)n(-c2ccccc2)n1C. The van der Waals surface area contributed by atoms with Crippen LogP contribution >= 0.6 is 0 Å². The Morgan fingerprint density at radius 1 is 0.864 bits per heavy atom. The summed E-state index contributed by atoms with van der Waals surface area (Å²) in [5.74, 6) is -0.0225. The summed E-state index contributed by atoms with van der Waals surface area (Å²) in [6, 6.07) is 27.3. The smallest absolute Gasteiger partial charge is 0.284 e. The van der Waals surface area contributed by atoms with Crippen molar-refractivity contribution in [3.63, 3.8) is 0 Å². The van der Waals surface area contributed by atoms with Gasteiger partial charge in [0, 0.05) is 62.8 Å². The maximum atomic E-state index is 13.3. The minimum absolute atomic E-state index is 0.108. The number of nitrogens with zero attached hydrogens (tertiary/aromatic N) is 5. The molecule has 0 spiro atoms. The van der Waals surface area contributed by atoms with E-state index in [4.69, 9.17) is 5.73 Å². The number of aromatic nitrogens is 3. The van der Waals surface area contributed by atoms with E-state index in [1.165, 1.54) is 10.2 Å². The van der Waals surface area contributed by atoms with Crippen LogP contribution in [0.5, 0.6) is 0 Å². The van der Waals surface area contributed by atoms with Gasteiger partial charge in [-0.3, -0.25) is 19.2 Å². The molecule has 1 aliphatic rings. The van der Waals surface area contributed by atoms with Gasteiger partial charge in [0.15, 0.2) is 0 Å². The largest absolute Gasteiger partial charge is 0.383 e. The van der Waals surface area contributed by atoms with Crippen LogP contribution < -0.4 is 16.6 Å². The van der Waals surface area contributed by atoms with Gasteiger partial charge >= 0.3 is 0 Å². The van der Waals surface area contributed by atoms with Crippen LogP contribution in [0, 0.1) is 6.92 Å². The van der Waals surface area contributed by atoms with Crippen LogP contribution in [0.1, 0.15) is 21.6 Å². The number of rotatable bonds is 7. The van der Waals surface area contributed by atoms with Gasteiger partial charge in [0.05, 0.1) is 11.4 Å². The van der Waals surface area contributed by atoms with Crippen LogP contribution in [0.3, 0.4) is 0 Å². The molecule has 44 heavy (non-hydrogen) atoms. The summed E-state index contributed by atoms with van der Waals surface area (Å²) in [7, 11) is 3.94. The molecule has 0 unspecified atom stereocenters. The normalized spacial score (nSPS) is 14.1. The van der Waals surface area contributed by atoms with Crippen molar-refractivity contribution in [1.29, 1.82) is 0 Å². The third kappa shape index (κ3) is 5.92. The molecule has 0 bridgehead atoms. The zero-order chi connectivity index (χ0) is 30.8. The number of piperazine rings is 1. The number of carbonyl (C=O) groups is 1. The van der Waals surface area contributed by atoms with E-state index < -0.39 is 5.91 Å². The monoisotopic (exact) mass is 587 g/mol. The molecule has 0 saturated carbocycles. The highest BCUT2D eigenvalue weighted by Crippen LogP contribution is 2.31. The van der Waals surface area contributed by atoms with Crippen molar-refractivity contribution in [2.45, 2.75) is 13.5 Å². The fraction of sp³-hybridized carbons (Fsp3) is 0.229. The van der Waals surface area contributed by atoms with Gasteiger partial charge < -0.3 is 16.0 Å². The van der Waals surface area contributed by atoms with E-state index >= 15 is 0 Å². The standard InChI is InChI=1S/C35H37N7O2/c1-24-32(35(44)42(40(24)3)30-10-5-4-6-11-30)34(43)38-29-14-12-26(13-15-29)31-21-28(22-37-33(31)36)27-9-7-8-25(20-27)23-41-18-16-39(2)17-19-41/h4-15,20-22H,16-19,23H2,1-3H3,(H2,36,37)(H,38,43). The lowest BCUT2D eigenvalue weighted by atomic mass is 9.99. The number of pyridine rings is 1. The van der Waals surface area contributed by atoms with E-state index in [1.54, 1.807) is 18.7 Å². The molecule has 3 aromatic carbocycles. The summed E-state index contributed by atoms with van der Waals surface area (Å²) in [5.41, 5.74) is 13.0. The molecule has 5 aromatic rings. The number of amides is 1. The zero-order valence-corrected chi connectivity index (χ0v) is 25.3. The second kappa shape index (κ2) is 12.3. The molecule has 1 amide bonds. The van der Waals surface area contributed by atoms with Gasteiger partial charge in [-0.15, -0.1) is 0 Å². The highest BCUT2D eigenvalue weighted by atomic mass is 16.2. The molecule has 0 aliphatic carbocycles. The molecule has 3 heterocycles. The molecular formula is C35H37N7O2. The molecule has 1 saturated heterocycles. The van der Waals surface area contributed by atoms with Crippen LogP contribution in [-0.2, 0) is 13.6 Å². The first kappa shape index (κ1) is 29.1. The quantitative estimate of drug-likeness (QED) is 0.284. The minimum Gasteiger partial charge on any atom is -0.383 e. The van der Waals surface area contributed by atoms with Crippen molar-refractivity contribution in [3.05, 3.63) is 118 Å². The fourth-order valence-electron chi connectivity index (χ4n) is 5.73. The lowest BCUT2D eigenvalue weighted by Gasteiger charge is -2.32. The number of nitrogen functional groups attached to an aromatic ring is 1. The number of benzene rings is 3. The van der Waals surface area contributed by atoms with E-state index in [-0.39, 0.29) is 11.1 Å². The van der Waals surface area contributed by atoms with Crippen molar-refractivity contribution in [2.24, 2.45) is 7.05 Å². The molecule has 3 N–H and O–H groups in total. The van der Waals surface area contributed by atoms with Crippen LogP contribution in [0.25, 0.3) is 27.9 Å². The number of nitrogens with one attached hydrogen (secondary N) is 1. The minimum atomic E-state index is -0.454. The average molecular weight is 588 g/mol. The summed E-state index contributed by atoms with van der Waals surface area (Å²) < 4.78 is 3.19. The number of carbonyl (C=O) groups excluding carboxylic acids is 1. The second-order valence-corrected chi connectivity index (χ2v) is 11.4. The van der Waals surface area contributed by atoms with Gasteiger partial charge in [-0.25, -0.2) is 9.67 Å². The maximum Gasteiger partial charge on any atom is 0.284 e. The third-order valence-corrected chi connectivity index (χ3v) is 8.42. The zero-order valence-electron chi connectivity index (χ0n) is 25.3. The van der Waals surface area contributed by atoms with Crippen LogP contribution in [-0.4, -0.2) is 63.3 Å². The molecular weight excluding hydrogens is 550 g/mol. The van der Waals surface area contributed by atoms with Crippen LogP contribution in [0.15, 0.2) is 95.9 Å². The van der Waals surface area contributed by atoms with Gasteiger partial charge in [-0.1, -0.05) is 48.5 Å². The van der Waals surface area contributed by atoms with Gasteiger partial charge in [-0.05, 0) is 67.1 Å². The third-order valence-electron chi connectivity index (χ3n) is 8.42. The summed E-state index contributed by atoms with van der Waals surface area (Å²) >= 11 is 0. The predicted octanol–water partition coefficient (Wildman–Crippen LogP) is 4.80. The summed E-state index contributed by atoms with van der Waals surface area (Å²) in [6.45, 7) is 7.01. The van der Waals surface area contributed by atoms with E-state index in [0.29, 0.717) is 22.9 Å². The molecule has 9 nitrogen and oxygen atoms in total. The van der Waals surface area contributed by atoms with Gasteiger partial charge in [0.25, 0.3) is 11.5 Å². The van der Waals surface area contributed by atoms with E-state index in [9.17, 15) is 9.59 Å². The first-order valence-corrected chi connectivity index (χ1v) is 14.8. The van der Waals surface area contributed by atoms with Crippen LogP contribution in [0.4, 0.5) is 11.5 Å². The second-order valence-electron chi connectivity index (χ2n) is 11.4. The Morgan fingerprint density at radius 2 is 1.59 bits per heavy atom. The number of likely N-dealkylation sites (N-methyl/N-ethyl adjacent to an activating group) is 1. The highest BCUT2D eigenvalue weighted by molar-refractivity contribution is 6.05. The van der Waals surface area contributed by atoms with E-state index in [2.05, 4.69) is 57.5 Å². The number of para-hydroxylation sites is 1. The number of hydrogen-bond donors (Lipinski definition) is 2. The Bertz CT molecular complexity index is 1850. The average Bonchev–Trinajstić information content (AvgIpc) is 3.26. The molecule has 1 fully saturated rings. The Kier molecular flexibility index (Phi) is 8.15. The molecule has 6 rings (SSSR count). The summed E-state index contributed by atoms with van der Waals surface area (Å²) in [4.78, 5) is 35.9. The molecule has 9 heteroatoms. The number of anilines is 2. The first-order chi connectivity index (χ1) is 21.3. The van der Waals surface area contributed by atoms with Gasteiger partial charge in [0.2, 0.25) is 0 Å².